The van der Waals surface area contributed by atoms with E-state index in [4.69, 9.17) is 5.73 Å². The Morgan fingerprint density at radius 3 is 2.89 bits per heavy atom. The van der Waals surface area contributed by atoms with E-state index >= 15 is 0 Å². The topological polar surface area (TPSA) is 46.3 Å². The molecule has 2 N–H and O–H groups in total. The van der Waals surface area contributed by atoms with E-state index in [1.165, 1.54) is 12.1 Å². The average Bonchev–Trinajstić information content (AvgIpc) is 2.89. The molecule has 1 amide bonds. The Bertz CT molecular complexity index is 465. The Morgan fingerprint density at radius 1 is 1.42 bits per heavy atom. The van der Waals surface area contributed by atoms with Gasteiger partial charge in [0, 0.05) is 19.5 Å². The molecule has 0 aliphatic carbocycles. The lowest BCUT2D eigenvalue weighted by atomic mass is 10.1. The van der Waals surface area contributed by atoms with Crippen molar-refractivity contribution in [2.24, 2.45) is 11.7 Å². The highest BCUT2D eigenvalue weighted by Crippen LogP contribution is 2.18. The van der Waals surface area contributed by atoms with Gasteiger partial charge >= 0.3 is 0 Å². The highest BCUT2D eigenvalue weighted by atomic mass is 19.2. The predicted octanol–water partition coefficient (Wildman–Crippen LogP) is 1.70. The molecule has 5 heteroatoms. The number of rotatable bonds is 4. The number of benzene rings is 1. The zero-order valence-corrected chi connectivity index (χ0v) is 10.7. The van der Waals surface area contributed by atoms with Crippen LogP contribution in [0.1, 0.15) is 18.4 Å². The van der Waals surface area contributed by atoms with Crippen molar-refractivity contribution in [1.29, 1.82) is 0 Å². The fourth-order valence-corrected chi connectivity index (χ4v) is 2.39. The molecule has 1 aromatic carbocycles. The Hall–Kier alpha value is -1.49. The highest BCUT2D eigenvalue weighted by molar-refractivity contribution is 5.76. The number of carbonyl (C=O) groups is 1. The largest absolute Gasteiger partial charge is 0.342 e. The first-order valence-corrected chi connectivity index (χ1v) is 6.52. The quantitative estimate of drug-likeness (QED) is 0.903. The van der Waals surface area contributed by atoms with Gasteiger partial charge in [0.05, 0.1) is 0 Å². The average molecular weight is 268 g/mol. The molecule has 1 aliphatic rings. The van der Waals surface area contributed by atoms with Crippen LogP contribution in [0.3, 0.4) is 0 Å². The van der Waals surface area contributed by atoms with Gasteiger partial charge in [0.2, 0.25) is 5.91 Å². The molecule has 1 fully saturated rings. The molecular weight excluding hydrogens is 250 g/mol. The monoisotopic (exact) mass is 268 g/mol. The molecule has 1 heterocycles. The number of halogens is 2. The number of nitrogens with zero attached hydrogens (tertiary/aromatic N) is 1. The molecule has 2 rings (SSSR count). The molecule has 1 aromatic rings. The SMILES string of the molecule is NC[C@H]1CCN(C(=O)CCc2cccc(F)c2F)C1. The molecule has 19 heavy (non-hydrogen) atoms. The van der Waals surface area contributed by atoms with Gasteiger partial charge in [-0.1, -0.05) is 12.1 Å². The highest BCUT2D eigenvalue weighted by Gasteiger charge is 2.25. The molecule has 104 valence electrons. The fourth-order valence-electron chi connectivity index (χ4n) is 2.39. The summed E-state index contributed by atoms with van der Waals surface area (Å²) in [5.74, 6) is -1.36. The standard InChI is InChI=1S/C14H18F2N2O/c15-12-3-1-2-11(14(12)16)4-5-13(19)18-7-6-10(8-17)9-18/h1-3,10H,4-9,17H2/t10-/m1/s1. The molecule has 0 unspecified atom stereocenters. The van der Waals surface area contributed by atoms with Crippen LogP contribution in [0.4, 0.5) is 8.78 Å². The lowest BCUT2D eigenvalue weighted by Crippen LogP contribution is -2.30. The van der Waals surface area contributed by atoms with E-state index in [2.05, 4.69) is 0 Å². The molecule has 1 saturated heterocycles. The van der Waals surface area contributed by atoms with Crippen LogP contribution in [0.25, 0.3) is 0 Å². The van der Waals surface area contributed by atoms with Crippen molar-refractivity contribution in [3.8, 4) is 0 Å². The molecule has 1 aliphatic heterocycles. The maximum absolute atomic E-state index is 13.4. The molecule has 0 saturated carbocycles. The first-order chi connectivity index (χ1) is 9.11. The molecular formula is C14H18F2N2O. The second kappa shape index (κ2) is 6.10. The summed E-state index contributed by atoms with van der Waals surface area (Å²) in [5.41, 5.74) is 5.82. The first-order valence-electron chi connectivity index (χ1n) is 6.52. The summed E-state index contributed by atoms with van der Waals surface area (Å²) in [4.78, 5) is 13.7. The van der Waals surface area contributed by atoms with E-state index in [9.17, 15) is 13.6 Å². The zero-order chi connectivity index (χ0) is 13.8. The smallest absolute Gasteiger partial charge is 0.222 e. The Balaban J connectivity index is 1.89. The van der Waals surface area contributed by atoms with Crippen molar-refractivity contribution < 1.29 is 13.6 Å². The Morgan fingerprint density at radius 2 is 2.21 bits per heavy atom. The molecule has 3 nitrogen and oxygen atoms in total. The van der Waals surface area contributed by atoms with E-state index in [0.717, 1.165) is 12.5 Å². The summed E-state index contributed by atoms with van der Waals surface area (Å²) in [5, 5.41) is 0. The minimum Gasteiger partial charge on any atom is -0.342 e. The van der Waals surface area contributed by atoms with Crippen LogP contribution in [-0.2, 0) is 11.2 Å². The van der Waals surface area contributed by atoms with Crippen molar-refractivity contribution in [2.75, 3.05) is 19.6 Å². The third-order valence-electron chi connectivity index (χ3n) is 3.61. The Kier molecular flexibility index (Phi) is 4.47. The van der Waals surface area contributed by atoms with Gasteiger partial charge in [-0.05, 0) is 36.9 Å². The minimum absolute atomic E-state index is 0.0142. The summed E-state index contributed by atoms with van der Waals surface area (Å²) in [6.07, 6.45) is 1.36. The van der Waals surface area contributed by atoms with Gasteiger partial charge < -0.3 is 10.6 Å². The van der Waals surface area contributed by atoms with Crippen LogP contribution in [0, 0.1) is 17.6 Å². The van der Waals surface area contributed by atoms with E-state index < -0.39 is 11.6 Å². The third kappa shape index (κ3) is 3.29. The van der Waals surface area contributed by atoms with Crippen LogP contribution in [0.15, 0.2) is 18.2 Å². The van der Waals surface area contributed by atoms with Gasteiger partial charge in [-0.25, -0.2) is 8.78 Å². The number of nitrogens with two attached hydrogens (primary N) is 1. The third-order valence-corrected chi connectivity index (χ3v) is 3.61. The van der Waals surface area contributed by atoms with Crippen LogP contribution < -0.4 is 5.73 Å². The van der Waals surface area contributed by atoms with Crippen molar-refractivity contribution >= 4 is 5.91 Å². The van der Waals surface area contributed by atoms with Crippen molar-refractivity contribution in [3.63, 3.8) is 0 Å². The number of aryl methyl sites for hydroxylation is 1. The van der Waals surface area contributed by atoms with Gasteiger partial charge in [0.15, 0.2) is 11.6 Å². The van der Waals surface area contributed by atoms with E-state index in [1.807, 2.05) is 0 Å². The first kappa shape index (κ1) is 13.9. The molecule has 0 spiro atoms. The van der Waals surface area contributed by atoms with E-state index in [1.54, 1.807) is 4.90 Å². The van der Waals surface area contributed by atoms with Gasteiger partial charge in [-0.2, -0.15) is 0 Å². The van der Waals surface area contributed by atoms with Crippen LogP contribution in [-0.4, -0.2) is 30.4 Å². The molecule has 0 bridgehead atoms. The fraction of sp³-hybridized carbons (Fsp3) is 0.500. The lowest BCUT2D eigenvalue weighted by Gasteiger charge is -2.16. The van der Waals surface area contributed by atoms with Crippen LogP contribution in [0.5, 0.6) is 0 Å². The summed E-state index contributed by atoms with van der Waals surface area (Å²) in [6.45, 7) is 1.98. The van der Waals surface area contributed by atoms with Crippen LogP contribution in [0.2, 0.25) is 0 Å². The minimum atomic E-state index is -0.866. The number of hydrogen-bond acceptors (Lipinski definition) is 2. The van der Waals surface area contributed by atoms with E-state index in [-0.39, 0.29) is 24.3 Å². The lowest BCUT2D eigenvalue weighted by molar-refractivity contribution is -0.130. The molecule has 0 radical (unpaired) electrons. The van der Waals surface area contributed by atoms with E-state index in [0.29, 0.717) is 25.6 Å². The van der Waals surface area contributed by atoms with Gasteiger partial charge in [-0.3, -0.25) is 4.79 Å². The van der Waals surface area contributed by atoms with Crippen molar-refractivity contribution in [2.45, 2.75) is 19.3 Å². The number of carbonyl (C=O) groups excluding carboxylic acids is 1. The van der Waals surface area contributed by atoms with Gasteiger partial charge in [0.25, 0.3) is 0 Å². The second-order valence-corrected chi connectivity index (χ2v) is 4.94. The maximum atomic E-state index is 13.4. The molecule has 1 atom stereocenters. The predicted molar refractivity (Wildman–Crippen MR) is 68.4 cm³/mol. The van der Waals surface area contributed by atoms with Crippen molar-refractivity contribution in [3.05, 3.63) is 35.4 Å². The summed E-state index contributed by atoms with van der Waals surface area (Å²) in [7, 11) is 0. The number of amides is 1. The summed E-state index contributed by atoms with van der Waals surface area (Å²) in [6, 6.07) is 4.05. The second-order valence-electron chi connectivity index (χ2n) is 4.94. The van der Waals surface area contributed by atoms with Gasteiger partial charge in [0.1, 0.15) is 0 Å². The normalized spacial score (nSPS) is 18.9. The van der Waals surface area contributed by atoms with Gasteiger partial charge in [-0.15, -0.1) is 0 Å². The van der Waals surface area contributed by atoms with Crippen LogP contribution >= 0.6 is 0 Å². The Labute approximate surface area is 111 Å². The number of hydrogen-bond donors (Lipinski definition) is 1. The molecule has 0 aromatic heterocycles. The van der Waals surface area contributed by atoms with Crippen molar-refractivity contribution in [1.82, 2.24) is 4.90 Å². The zero-order valence-electron chi connectivity index (χ0n) is 10.7. The summed E-state index contributed by atoms with van der Waals surface area (Å²) >= 11 is 0. The summed E-state index contributed by atoms with van der Waals surface area (Å²) < 4.78 is 26.4. The maximum Gasteiger partial charge on any atom is 0.222 e. The number of likely N-dealkylation sites (tertiary alicyclic amines) is 1.